The van der Waals surface area contributed by atoms with E-state index in [9.17, 15) is 8.42 Å². The molecule has 0 spiro atoms. The molecule has 0 aliphatic carbocycles. The predicted octanol–water partition coefficient (Wildman–Crippen LogP) is 2.34. The van der Waals surface area contributed by atoms with Crippen LogP contribution in [0, 0.1) is 13.8 Å². The Hall–Kier alpha value is -1.67. The first-order valence-corrected chi connectivity index (χ1v) is 9.27. The molecule has 0 amide bonds. The van der Waals surface area contributed by atoms with Gasteiger partial charge in [0.05, 0.1) is 11.9 Å². The molecule has 0 aliphatic heterocycles. The lowest BCUT2D eigenvalue weighted by atomic mass is 10.1. The van der Waals surface area contributed by atoms with Crippen molar-refractivity contribution in [3.63, 3.8) is 0 Å². The minimum absolute atomic E-state index is 0.0294. The van der Waals surface area contributed by atoms with E-state index >= 15 is 0 Å². The number of aryl methyl sites for hydroxylation is 2. The maximum absolute atomic E-state index is 12.7. The van der Waals surface area contributed by atoms with Crippen LogP contribution in [-0.2, 0) is 16.6 Å². The Kier molecular flexibility index (Phi) is 4.95. The molecule has 0 bridgehead atoms. The molecular formula is C15H25N5O2S. The van der Waals surface area contributed by atoms with E-state index in [2.05, 4.69) is 14.9 Å². The third-order valence-electron chi connectivity index (χ3n) is 3.90. The summed E-state index contributed by atoms with van der Waals surface area (Å²) in [7, 11) is -3.66. The molecule has 2 heterocycles. The van der Waals surface area contributed by atoms with Crippen LogP contribution in [0.2, 0.25) is 0 Å². The van der Waals surface area contributed by atoms with Gasteiger partial charge in [0.25, 0.3) is 10.0 Å². The van der Waals surface area contributed by atoms with Gasteiger partial charge < -0.3 is 0 Å². The van der Waals surface area contributed by atoms with E-state index in [0.29, 0.717) is 0 Å². The second-order valence-electron chi connectivity index (χ2n) is 5.95. The van der Waals surface area contributed by atoms with E-state index in [1.807, 2.05) is 46.2 Å². The van der Waals surface area contributed by atoms with Gasteiger partial charge >= 0.3 is 0 Å². The van der Waals surface area contributed by atoms with Gasteiger partial charge in [-0.15, -0.1) is 0 Å². The van der Waals surface area contributed by atoms with Crippen molar-refractivity contribution in [2.45, 2.75) is 65.2 Å². The molecule has 0 aromatic carbocycles. The van der Waals surface area contributed by atoms with Crippen molar-refractivity contribution in [2.24, 2.45) is 0 Å². The zero-order chi connectivity index (χ0) is 17.4. The summed E-state index contributed by atoms with van der Waals surface area (Å²) in [5, 5.41) is 8.73. The Morgan fingerprint density at radius 3 is 2.43 bits per heavy atom. The van der Waals surface area contributed by atoms with Crippen LogP contribution in [0.4, 0.5) is 0 Å². The second kappa shape index (κ2) is 6.45. The van der Waals surface area contributed by atoms with Crippen molar-refractivity contribution >= 4 is 10.0 Å². The summed E-state index contributed by atoms with van der Waals surface area (Å²) in [6.07, 6.45) is 1.50. The number of hydrogen-bond donors (Lipinski definition) is 1. The second-order valence-corrected chi connectivity index (χ2v) is 7.61. The highest BCUT2D eigenvalue weighted by molar-refractivity contribution is 7.89. The fraction of sp³-hybridized carbons (Fsp3) is 0.600. The minimum atomic E-state index is -3.66. The predicted molar refractivity (Wildman–Crippen MR) is 88.7 cm³/mol. The van der Waals surface area contributed by atoms with E-state index in [1.54, 1.807) is 0 Å². The zero-order valence-corrected chi connectivity index (χ0v) is 15.3. The number of nitrogens with one attached hydrogen (secondary N) is 1. The molecule has 0 radical (unpaired) electrons. The van der Waals surface area contributed by atoms with Gasteiger partial charge in [0.15, 0.2) is 5.03 Å². The number of nitrogens with zero attached hydrogens (tertiary/aromatic N) is 4. The average molecular weight is 339 g/mol. The lowest BCUT2D eigenvalue weighted by molar-refractivity contribution is 0.473. The summed E-state index contributed by atoms with van der Waals surface area (Å²) >= 11 is 0. The fourth-order valence-electron chi connectivity index (χ4n) is 2.90. The SMILES string of the molecule is CCn1nc(C)c(C(C)NS(=O)(=O)c2ccnn2C(C)C)c1C. The number of aromatic nitrogens is 4. The van der Waals surface area contributed by atoms with Gasteiger partial charge in [0.2, 0.25) is 0 Å². The highest BCUT2D eigenvalue weighted by Gasteiger charge is 2.26. The van der Waals surface area contributed by atoms with Gasteiger partial charge in [-0.05, 0) is 47.6 Å². The third kappa shape index (κ3) is 3.32. The van der Waals surface area contributed by atoms with Crippen molar-refractivity contribution in [3.8, 4) is 0 Å². The molecule has 2 rings (SSSR count). The smallest absolute Gasteiger partial charge is 0.258 e. The molecule has 0 fully saturated rings. The Morgan fingerprint density at radius 2 is 1.91 bits per heavy atom. The van der Waals surface area contributed by atoms with Gasteiger partial charge in [-0.1, -0.05) is 0 Å². The monoisotopic (exact) mass is 339 g/mol. The van der Waals surface area contributed by atoms with Crippen molar-refractivity contribution < 1.29 is 8.42 Å². The van der Waals surface area contributed by atoms with Crippen molar-refractivity contribution in [1.82, 2.24) is 24.3 Å². The molecule has 23 heavy (non-hydrogen) atoms. The maximum Gasteiger partial charge on any atom is 0.258 e. The van der Waals surface area contributed by atoms with Crippen molar-refractivity contribution in [1.29, 1.82) is 0 Å². The highest BCUT2D eigenvalue weighted by atomic mass is 32.2. The summed E-state index contributed by atoms with van der Waals surface area (Å²) in [6, 6.07) is 1.12. The fourth-order valence-corrected chi connectivity index (χ4v) is 4.35. The van der Waals surface area contributed by atoms with Crippen LogP contribution in [0.3, 0.4) is 0 Å². The quantitative estimate of drug-likeness (QED) is 0.876. The molecule has 0 aliphatic rings. The maximum atomic E-state index is 12.7. The Morgan fingerprint density at radius 1 is 1.26 bits per heavy atom. The first-order valence-electron chi connectivity index (χ1n) is 7.78. The summed E-state index contributed by atoms with van der Waals surface area (Å²) in [4.78, 5) is 0. The first-order chi connectivity index (χ1) is 10.7. The Balaban J connectivity index is 2.34. The van der Waals surface area contributed by atoms with Crippen LogP contribution >= 0.6 is 0 Å². The van der Waals surface area contributed by atoms with Crippen LogP contribution in [0.15, 0.2) is 17.3 Å². The van der Waals surface area contributed by atoms with Gasteiger partial charge in [-0.2, -0.15) is 10.2 Å². The van der Waals surface area contributed by atoms with Crippen molar-refractivity contribution in [3.05, 3.63) is 29.2 Å². The van der Waals surface area contributed by atoms with Gasteiger partial charge in [0, 0.05) is 29.9 Å². The average Bonchev–Trinajstić information content (AvgIpc) is 3.03. The molecule has 1 atom stereocenters. The normalized spacial score (nSPS) is 13.7. The van der Waals surface area contributed by atoms with Crippen LogP contribution in [0.1, 0.15) is 56.7 Å². The number of rotatable bonds is 6. The lowest BCUT2D eigenvalue weighted by Crippen LogP contribution is -2.30. The first kappa shape index (κ1) is 17.7. The largest absolute Gasteiger partial charge is 0.270 e. The van der Waals surface area contributed by atoms with Gasteiger partial charge in [0.1, 0.15) is 0 Å². The molecule has 8 heteroatoms. The number of sulfonamides is 1. The van der Waals surface area contributed by atoms with Crippen LogP contribution < -0.4 is 4.72 Å². The highest BCUT2D eigenvalue weighted by Crippen LogP contribution is 2.24. The Labute approximate surface area is 137 Å². The van der Waals surface area contributed by atoms with E-state index in [0.717, 1.165) is 23.5 Å². The molecule has 7 nitrogen and oxygen atoms in total. The van der Waals surface area contributed by atoms with Crippen LogP contribution in [0.5, 0.6) is 0 Å². The van der Waals surface area contributed by atoms with E-state index in [4.69, 9.17) is 0 Å². The summed E-state index contributed by atoms with van der Waals surface area (Å²) in [5.74, 6) is 0. The molecule has 2 aromatic rings. The summed E-state index contributed by atoms with van der Waals surface area (Å²) in [5.41, 5.74) is 2.75. The minimum Gasteiger partial charge on any atom is -0.270 e. The topological polar surface area (TPSA) is 81.8 Å². The molecule has 0 saturated heterocycles. The molecule has 1 unspecified atom stereocenters. The molecule has 128 valence electrons. The van der Waals surface area contributed by atoms with Crippen molar-refractivity contribution in [2.75, 3.05) is 0 Å². The van der Waals surface area contributed by atoms with E-state index < -0.39 is 10.0 Å². The molecule has 1 N–H and O–H groups in total. The van der Waals surface area contributed by atoms with E-state index in [-0.39, 0.29) is 17.1 Å². The van der Waals surface area contributed by atoms with Crippen LogP contribution in [0.25, 0.3) is 0 Å². The molecule has 0 saturated carbocycles. The zero-order valence-electron chi connectivity index (χ0n) is 14.5. The van der Waals surface area contributed by atoms with Gasteiger partial charge in [-0.25, -0.2) is 13.1 Å². The number of hydrogen-bond acceptors (Lipinski definition) is 4. The Bertz CT molecular complexity index is 789. The standard InChI is InChI=1S/C15H25N5O2S/c1-7-19-13(6)15(11(4)17-19)12(5)18-23(21,22)14-8-9-16-20(14)10(2)3/h8-10,12,18H,7H2,1-6H3. The van der Waals surface area contributed by atoms with E-state index in [1.165, 1.54) is 16.9 Å². The van der Waals surface area contributed by atoms with Gasteiger partial charge in [-0.3, -0.25) is 9.36 Å². The van der Waals surface area contributed by atoms with Crippen LogP contribution in [-0.4, -0.2) is 28.0 Å². The molecule has 2 aromatic heterocycles. The summed E-state index contributed by atoms with van der Waals surface area (Å²) in [6.45, 7) is 12.3. The third-order valence-corrected chi connectivity index (χ3v) is 5.44. The summed E-state index contributed by atoms with van der Waals surface area (Å²) < 4.78 is 31.5. The lowest BCUT2D eigenvalue weighted by Gasteiger charge is -2.17. The molecular weight excluding hydrogens is 314 g/mol.